The lowest BCUT2D eigenvalue weighted by atomic mass is 10.00. The van der Waals surface area contributed by atoms with Crippen molar-refractivity contribution in [1.82, 2.24) is 0 Å². The van der Waals surface area contributed by atoms with Gasteiger partial charge in [-0.1, -0.05) is 42.0 Å². The molecule has 0 bridgehead atoms. The van der Waals surface area contributed by atoms with Crippen LogP contribution >= 0.6 is 12.2 Å². The fourth-order valence-corrected chi connectivity index (χ4v) is 6.49. The molecular formula is C20H22FNO3S2. The average Bonchev–Trinajstić information content (AvgIpc) is 3.32. The molecule has 0 amide bonds. The van der Waals surface area contributed by atoms with Gasteiger partial charge in [0.1, 0.15) is 5.82 Å². The number of aryl methyl sites for hydroxylation is 1. The van der Waals surface area contributed by atoms with Gasteiger partial charge in [-0.25, -0.2) is 12.8 Å². The topological polar surface area (TPSA) is 69.4 Å². The molecule has 3 atom stereocenters. The third kappa shape index (κ3) is 3.39. The maximum Gasteiger partial charge on any atom is 0.182 e. The number of thiocarbonyl (C=S) groups is 1. The maximum absolute atomic E-state index is 13.8. The van der Waals surface area contributed by atoms with Crippen LogP contribution in [0.5, 0.6) is 0 Å². The van der Waals surface area contributed by atoms with Crippen molar-refractivity contribution in [3.05, 3.63) is 65.5 Å². The quantitative estimate of drug-likeness (QED) is 0.713. The Kier molecular flexibility index (Phi) is 5.38. The molecule has 2 aromatic carbocycles. The summed E-state index contributed by atoms with van der Waals surface area (Å²) in [6.07, 6.45) is 0. The molecule has 0 heterocycles. The fraction of sp³-hybridized carbons (Fsp3) is 0.350. The maximum atomic E-state index is 13.8. The van der Waals surface area contributed by atoms with Crippen LogP contribution in [0.25, 0.3) is 0 Å². The minimum Gasteiger partial charge on any atom is -0.393 e. The Morgan fingerprint density at radius 2 is 1.93 bits per heavy atom. The van der Waals surface area contributed by atoms with E-state index in [2.05, 4.69) is 0 Å². The smallest absolute Gasteiger partial charge is 0.182 e. The molecule has 0 unspecified atom stereocenters. The van der Waals surface area contributed by atoms with Crippen molar-refractivity contribution in [3.63, 3.8) is 0 Å². The molecule has 0 spiro atoms. The van der Waals surface area contributed by atoms with Crippen LogP contribution in [0.3, 0.4) is 0 Å². The molecule has 0 radical (unpaired) electrons. The molecule has 0 saturated heterocycles. The van der Waals surface area contributed by atoms with E-state index in [1.54, 1.807) is 36.4 Å². The van der Waals surface area contributed by atoms with Crippen molar-refractivity contribution < 1.29 is 17.5 Å². The molecule has 27 heavy (non-hydrogen) atoms. The van der Waals surface area contributed by atoms with Gasteiger partial charge in [-0.05, 0) is 43.7 Å². The Labute approximate surface area is 164 Å². The molecule has 4 nitrogen and oxygen atoms in total. The van der Waals surface area contributed by atoms with Crippen LogP contribution in [0.4, 0.5) is 4.39 Å². The van der Waals surface area contributed by atoms with E-state index in [0.29, 0.717) is 12.2 Å². The zero-order chi connectivity index (χ0) is 19.8. The standard InChI is InChI=1S/C20H22FNO3S2/c1-3-25-12-20(19(22)26)17(14-5-4-6-15(21)11-14)18(20)27(23,24)16-9-7-13(2)8-10-16/h4-11,17-18H,3,12H2,1-2H3,(H2,22,26)/t17-,18-,20-/m0/s1. The number of ether oxygens (including phenoxy) is 1. The second-order valence-corrected chi connectivity index (χ2v) is 9.36. The minimum absolute atomic E-state index is 0.0749. The zero-order valence-corrected chi connectivity index (χ0v) is 16.8. The summed E-state index contributed by atoms with van der Waals surface area (Å²) >= 11 is 5.27. The Morgan fingerprint density at radius 1 is 1.26 bits per heavy atom. The van der Waals surface area contributed by atoms with Gasteiger partial charge in [-0.3, -0.25) is 0 Å². The number of rotatable bonds is 7. The first-order valence-electron chi connectivity index (χ1n) is 8.69. The van der Waals surface area contributed by atoms with Crippen LogP contribution < -0.4 is 5.73 Å². The van der Waals surface area contributed by atoms with Crippen molar-refractivity contribution in [3.8, 4) is 0 Å². The number of sulfone groups is 1. The molecule has 7 heteroatoms. The number of halogens is 1. The highest BCUT2D eigenvalue weighted by molar-refractivity contribution is 7.92. The highest BCUT2D eigenvalue weighted by atomic mass is 32.2. The van der Waals surface area contributed by atoms with E-state index in [1.165, 1.54) is 12.1 Å². The van der Waals surface area contributed by atoms with Crippen LogP contribution in [0.2, 0.25) is 0 Å². The molecule has 1 aliphatic carbocycles. The van der Waals surface area contributed by atoms with Gasteiger partial charge in [0.05, 0.1) is 27.2 Å². The second kappa shape index (κ2) is 7.30. The first-order valence-corrected chi connectivity index (χ1v) is 10.6. The van der Waals surface area contributed by atoms with Crippen LogP contribution in [0.1, 0.15) is 24.0 Å². The summed E-state index contributed by atoms with van der Waals surface area (Å²) in [6.45, 7) is 4.18. The summed E-state index contributed by atoms with van der Waals surface area (Å²) in [5.41, 5.74) is 6.49. The minimum atomic E-state index is -3.75. The number of hydrogen-bond acceptors (Lipinski definition) is 4. The van der Waals surface area contributed by atoms with Gasteiger partial charge >= 0.3 is 0 Å². The SMILES string of the molecule is CCOC[C@]1(C(N)=S)[C@@H](c2cccc(F)c2)[C@@H]1S(=O)(=O)c1ccc(C)cc1. The van der Waals surface area contributed by atoms with E-state index >= 15 is 0 Å². The highest BCUT2D eigenvalue weighted by Crippen LogP contribution is 2.64. The van der Waals surface area contributed by atoms with Gasteiger partial charge in [0.15, 0.2) is 9.84 Å². The van der Waals surface area contributed by atoms with Crippen molar-refractivity contribution in [1.29, 1.82) is 0 Å². The molecule has 1 aliphatic rings. The van der Waals surface area contributed by atoms with Gasteiger partial charge in [-0.15, -0.1) is 0 Å². The predicted molar refractivity (Wildman–Crippen MR) is 107 cm³/mol. The van der Waals surface area contributed by atoms with E-state index in [1.807, 2.05) is 13.8 Å². The first-order chi connectivity index (χ1) is 12.7. The van der Waals surface area contributed by atoms with Gasteiger partial charge < -0.3 is 10.5 Å². The summed E-state index contributed by atoms with van der Waals surface area (Å²) in [7, 11) is -3.75. The van der Waals surface area contributed by atoms with Crippen LogP contribution in [-0.2, 0) is 14.6 Å². The molecule has 0 aromatic heterocycles. The Balaban J connectivity index is 2.12. The highest BCUT2D eigenvalue weighted by Gasteiger charge is 2.73. The molecule has 2 N–H and O–H groups in total. The van der Waals surface area contributed by atoms with E-state index < -0.39 is 32.2 Å². The predicted octanol–water partition coefficient (Wildman–Crippen LogP) is 3.38. The van der Waals surface area contributed by atoms with Crippen molar-refractivity contribution in [2.45, 2.75) is 29.9 Å². The van der Waals surface area contributed by atoms with Gasteiger partial charge in [-0.2, -0.15) is 0 Å². The van der Waals surface area contributed by atoms with Gasteiger partial charge in [0, 0.05) is 12.5 Å². The fourth-order valence-electron chi connectivity index (χ4n) is 3.72. The first kappa shape index (κ1) is 19.9. The average molecular weight is 408 g/mol. The number of nitrogens with two attached hydrogens (primary N) is 1. The largest absolute Gasteiger partial charge is 0.393 e. The molecule has 1 fully saturated rings. The summed E-state index contributed by atoms with van der Waals surface area (Å²) < 4.78 is 46.2. The number of hydrogen-bond donors (Lipinski definition) is 1. The molecule has 0 aliphatic heterocycles. The van der Waals surface area contributed by atoms with Crippen LogP contribution in [0, 0.1) is 18.2 Å². The second-order valence-electron chi connectivity index (χ2n) is 6.85. The van der Waals surface area contributed by atoms with E-state index in [4.69, 9.17) is 22.7 Å². The van der Waals surface area contributed by atoms with E-state index in [9.17, 15) is 12.8 Å². The molecular weight excluding hydrogens is 385 g/mol. The third-order valence-electron chi connectivity index (χ3n) is 5.15. The zero-order valence-electron chi connectivity index (χ0n) is 15.2. The van der Waals surface area contributed by atoms with Crippen molar-refractivity contribution in [2.75, 3.05) is 13.2 Å². The summed E-state index contributed by atoms with van der Waals surface area (Å²) in [6, 6.07) is 12.6. The molecule has 1 saturated carbocycles. The Bertz CT molecular complexity index is 959. The summed E-state index contributed by atoms with van der Waals surface area (Å²) in [5, 5.41) is -0.890. The Hall–Kier alpha value is -1.83. The van der Waals surface area contributed by atoms with Crippen LogP contribution in [0.15, 0.2) is 53.4 Å². The third-order valence-corrected chi connectivity index (χ3v) is 7.82. The van der Waals surface area contributed by atoms with Crippen molar-refractivity contribution >= 4 is 27.0 Å². The lowest BCUT2D eigenvalue weighted by Crippen LogP contribution is -2.33. The molecule has 3 rings (SSSR count). The van der Waals surface area contributed by atoms with Gasteiger partial charge in [0.25, 0.3) is 0 Å². The van der Waals surface area contributed by atoms with Crippen LogP contribution in [-0.4, -0.2) is 31.9 Å². The lowest BCUT2D eigenvalue weighted by Gasteiger charge is -2.17. The summed E-state index contributed by atoms with van der Waals surface area (Å²) in [4.78, 5) is 0.278. The molecule has 2 aromatic rings. The Morgan fingerprint density at radius 3 is 2.48 bits per heavy atom. The van der Waals surface area contributed by atoms with Crippen molar-refractivity contribution in [2.24, 2.45) is 11.1 Å². The van der Waals surface area contributed by atoms with E-state index in [-0.39, 0.29) is 16.5 Å². The lowest BCUT2D eigenvalue weighted by molar-refractivity contribution is 0.121. The molecule has 144 valence electrons. The normalized spacial score (nSPS) is 24.6. The van der Waals surface area contributed by atoms with Gasteiger partial charge in [0.2, 0.25) is 0 Å². The monoisotopic (exact) mass is 407 g/mol. The summed E-state index contributed by atoms with van der Waals surface area (Å²) in [5.74, 6) is -0.984. The van der Waals surface area contributed by atoms with E-state index in [0.717, 1.165) is 5.56 Å². The number of benzene rings is 2.